The first kappa shape index (κ1) is 5.99. The number of hydrogen-bond donors (Lipinski definition) is 1. The largest absolute Gasteiger partial charge is 0.313 e. The van der Waals surface area contributed by atoms with Crippen LogP contribution in [-0.2, 0) is 0 Å². The van der Waals surface area contributed by atoms with Gasteiger partial charge in [-0.3, -0.25) is 0 Å². The van der Waals surface area contributed by atoms with Gasteiger partial charge in [-0.25, -0.2) is 0 Å². The number of fused-ring (bicyclic) bond motifs is 3. The van der Waals surface area contributed by atoms with Gasteiger partial charge in [0.2, 0.25) is 0 Å². The molecule has 0 amide bonds. The molecule has 2 aliphatic carbocycles. The van der Waals surface area contributed by atoms with Crippen LogP contribution in [0.3, 0.4) is 0 Å². The Balaban J connectivity index is 0.000000333. The minimum atomic E-state index is 0. The predicted octanol–water partition coefficient (Wildman–Crippen LogP) is 1.04. The van der Waals surface area contributed by atoms with Gasteiger partial charge in [-0.05, 0) is 37.1 Å². The fraction of sp³-hybridized carbons (Fsp3) is 1.00. The molecule has 3 rings (SSSR count). The summed E-state index contributed by atoms with van der Waals surface area (Å²) in [5, 5.41) is 3.55. The van der Waals surface area contributed by atoms with Crippen LogP contribution in [0.1, 0.15) is 12.8 Å². The molecule has 2 saturated carbocycles. The van der Waals surface area contributed by atoms with E-state index in [9.17, 15) is 0 Å². The van der Waals surface area contributed by atoms with Crippen molar-refractivity contribution in [3.8, 4) is 0 Å². The maximum atomic E-state index is 3.55. The Morgan fingerprint density at radius 1 is 1.11 bits per heavy atom. The van der Waals surface area contributed by atoms with E-state index in [-0.39, 0.29) is 12.4 Å². The Morgan fingerprint density at radius 3 is 2.78 bits per heavy atom. The highest BCUT2D eigenvalue weighted by Gasteiger charge is 2.56. The van der Waals surface area contributed by atoms with Crippen LogP contribution < -0.4 is 5.32 Å². The number of nitrogens with one attached hydrogen (secondary N) is 1. The normalized spacial score (nSPS) is 58.7. The second-order valence-corrected chi connectivity index (χ2v) is 3.57. The molecular weight excluding hydrogens is 134 g/mol. The van der Waals surface area contributed by atoms with Gasteiger partial charge in [0.1, 0.15) is 0 Å². The van der Waals surface area contributed by atoms with Gasteiger partial charge >= 0.3 is 0 Å². The van der Waals surface area contributed by atoms with Crippen LogP contribution in [0.15, 0.2) is 0 Å². The van der Waals surface area contributed by atoms with Crippen molar-refractivity contribution in [3.05, 3.63) is 0 Å². The quantitative estimate of drug-likeness (QED) is 0.537. The maximum Gasteiger partial charge on any atom is 0.0102 e. The van der Waals surface area contributed by atoms with Crippen LogP contribution in [0.4, 0.5) is 0 Å². The Morgan fingerprint density at radius 2 is 2.00 bits per heavy atom. The van der Waals surface area contributed by atoms with Crippen LogP contribution in [0.25, 0.3) is 0 Å². The second kappa shape index (κ2) is 1.64. The lowest BCUT2D eigenvalue weighted by molar-refractivity contribution is 0.481. The van der Waals surface area contributed by atoms with Crippen molar-refractivity contribution in [2.75, 3.05) is 6.54 Å². The first-order chi connectivity index (χ1) is 3.95. The van der Waals surface area contributed by atoms with Gasteiger partial charge in [-0.1, -0.05) is 0 Å². The third-order valence-corrected chi connectivity index (χ3v) is 3.01. The molecule has 2 heteroatoms. The van der Waals surface area contributed by atoms with Crippen LogP contribution in [0, 0.1) is 17.8 Å². The molecule has 1 aliphatic heterocycles. The van der Waals surface area contributed by atoms with Crippen molar-refractivity contribution in [1.29, 1.82) is 0 Å². The molecule has 0 bridgehead atoms. The highest BCUT2D eigenvalue weighted by molar-refractivity contribution is 5.85. The van der Waals surface area contributed by atoms with E-state index in [1.54, 1.807) is 6.42 Å². The molecule has 3 aliphatic rings. The van der Waals surface area contributed by atoms with E-state index in [0.717, 1.165) is 17.9 Å². The molecule has 1 saturated heterocycles. The van der Waals surface area contributed by atoms with Crippen LogP contribution in [0.2, 0.25) is 0 Å². The number of rotatable bonds is 0. The summed E-state index contributed by atoms with van der Waals surface area (Å²) in [5.74, 6) is 3.42. The molecule has 1 heterocycles. The molecule has 1 nitrogen and oxygen atoms in total. The summed E-state index contributed by atoms with van der Waals surface area (Å²) in [4.78, 5) is 0. The van der Waals surface area contributed by atoms with Crippen molar-refractivity contribution in [3.63, 3.8) is 0 Å². The van der Waals surface area contributed by atoms with Gasteiger partial charge in [-0.2, -0.15) is 0 Å². The molecule has 0 spiro atoms. The topological polar surface area (TPSA) is 12.0 Å². The van der Waals surface area contributed by atoms with Crippen molar-refractivity contribution >= 4 is 12.4 Å². The third-order valence-electron chi connectivity index (χ3n) is 3.01. The lowest BCUT2D eigenvalue weighted by atomic mass is 10.2. The molecule has 0 radical (unpaired) electrons. The summed E-state index contributed by atoms with van der Waals surface area (Å²) in [6, 6.07) is 0.971. The van der Waals surface area contributed by atoms with E-state index in [0.29, 0.717) is 0 Å². The summed E-state index contributed by atoms with van der Waals surface area (Å²) in [6.07, 6.45) is 3.05. The Labute approximate surface area is 61.6 Å². The first-order valence-corrected chi connectivity index (χ1v) is 3.68. The number of piperidine rings is 1. The first-order valence-electron chi connectivity index (χ1n) is 3.68. The molecule has 52 valence electrons. The maximum absolute atomic E-state index is 3.55. The predicted molar refractivity (Wildman–Crippen MR) is 38.7 cm³/mol. The van der Waals surface area contributed by atoms with E-state index >= 15 is 0 Å². The van der Waals surface area contributed by atoms with Crippen molar-refractivity contribution in [2.45, 2.75) is 18.9 Å². The highest BCUT2D eigenvalue weighted by atomic mass is 35.5. The van der Waals surface area contributed by atoms with Gasteiger partial charge in [-0.15, -0.1) is 12.4 Å². The van der Waals surface area contributed by atoms with E-state index in [1.807, 2.05) is 0 Å². The van der Waals surface area contributed by atoms with E-state index in [2.05, 4.69) is 5.32 Å². The lowest BCUT2D eigenvalue weighted by Gasteiger charge is -2.07. The average molecular weight is 146 g/mol. The molecule has 0 aromatic rings. The Hall–Kier alpha value is 0.250. The standard InChI is InChI=1S/C7H11N.ClH/c1-4-3-8-7-2-6(7)5(1)4;/h4-8H,1-3H2;1H. The zero-order valence-electron chi connectivity index (χ0n) is 5.34. The summed E-state index contributed by atoms with van der Waals surface area (Å²) in [7, 11) is 0. The van der Waals surface area contributed by atoms with Crippen LogP contribution in [-0.4, -0.2) is 12.6 Å². The van der Waals surface area contributed by atoms with E-state index in [1.165, 1.54) is 18.9 Å². The minimum absolute atomic E-state index is 0. The van der Waals surface area contributed by atoms with Gasteiger partial charge in [0, 0.05) is 6.04 Å². The molecule has 4 unspecified atom stereocenters. The molecule has 1 N–H and O–H groups in total. The number of hydrogen-bond acceptors (Lipinski definition) is 1. The van der Waals surface area contributed by atoms with E-state index in [4.69, 9.17) is 0 Å². The SMILES string of the molecule is C1NC2CC2C2CC12.Cl. The fourth-order valence-electron chi connectivity index (χ4n) is 2.26. The van der Waals surface area contributed by atoms with Crippen LogP contribution in [0.5, 0.6) is 0 Å². The van der Waals surface area contributed by atoms with E-state index < -0.39 is 0 Å². The zero-order valence-corrected chi connectivity index (χ0v) is 6.16. The molecule has 0 aromatic carbocycles. The average Bonchev–Trinajstić information content (AvgIpc) is 2.59. The molecule has 9 heavy (non-hydrogen) atoms. The van der Waals surface area contributed by atoms with Gasteiger partial charge in [0.15, 0.2) is 0 Å². The fourth-order valence-corrected chi connectivity index (χ4v) is 2.26. The summed E-state index contributed by atoms with van der Waals surface area (Å²) in [5.41, 5.74) is 0. The van der Waals surface area contributed by atoms with Crippen LogP contribution >= 0.6 is 12.4 Å². The highest BCUT2D eigenvalue weighted by Crippen LogP contribution is 2.57. The lowest BCUT2D eigenvalue weighted by Crippen LogP contribution is -2.25. The monoisotopic (exact) mass is 145 g/mol. The van der Waals surface area contributed by atoms with Crippen molar-refractivity contribution in [2.24, 2.45) is 17.8 Å². The Bertz CT molecular complexity index is 121. The smallest absolute Gasteiger partial charge is 0.0102 e. The van der Waals surface area contributed by atoms with Crippen molar-refractivity contribution < 1.29 is 0 Å². The summed E-state index contributed by atoms with van der Waals surface area (Å²) in [6.45, 7) is 1.34. The zero-order chi connectivity index (χ0) is 5.14. The minimum Gasteiger partial charge on any atom is -0.313 e. The molecule has 4 atom stereocenters. The third kappa shape index (κ3) is 0.714. The number of halogens is 1. The van der Waals surface area contributed by atoms with Gasteiger partial charge in [0.25, 0.3) is 0 Å². The second-order valence-electron chi connectivity index (χ2n) is 3.57. The molecule has 0 aromatic heterocycles. The molecule has 3 fully saturated rings. The summed E-state index contributed by atoms with van der Waals surface area (Å²) < 4.78 is 0. The van der Waals surface area contributed by atoms with Gasteiger partial charge in [0.05, 0.1) is 0 Å². The molecular formula is C7H12ClN. The summed E-state index contributed by atoms with van der Waals surface area (Å²) >= 11 is 0. The van der Waals surface area contributed by atoms with Crippen molar-refractivity contribution in [1.82, 2.24) is 5.32 Å². The van der Waals surface area contributed by atoms with Gasteiger partial charge < -0.3 is 5.32 Å². The Kier molecular flexibility index (Phi) is 1.09.